The lowest BCUT2D eigenvalue weighted by Crippen LogP contribution is -2.51. The second-order valence-corrected chi connectivity index (χ2v) is 15.1. The smallest absolute Gasteiger partial charge is 0.244 e. The number of rotatable bonds is 10. The fourth-order valence-electron chi connectivity index (χ4n) is 7.98. The van der Waals surface area contributed by atoms with E-state index in [-0.39, 0.29) is 17.9 Å². The van der Waals surface area contributed by atoms with Gasteiger partial charge in [-0.25, -0.2) is 8.42 Å². The highest BCUT2D eigenvalue weighted by molar-refractivity contribution is 7.92. The van der Waals surface area contributed by atoms with Gasteiger partial charge in [-0.2, -0.15) is 0 Å². The number of nitrogens with one attached hydrogen (secondary N) is 1. The molecule has 2 amide bonds. The van der Waals surface area contributed by atoms with Crippen molar-refractivity contribution in [3.05, 3.63) is 63.6 Å². The number of carbonyl (C=O) groups excluding carboxylic acids is 2. The van der Waals surface area contributed by atoms with E-state index in [0.717, 1.165) is 28.3 Å². The Labute approximate surface area is 253 Å². The van der Waals surface area contributed by atoms with Crippen molar-refractivity contribution in [3.8, 4) is 0 Å². The Bertz CT molecular complexity index is 1380. The Morgan fingerprint density at radius 3 is 2.07 bits per heavy atom. The molecule has 0 heterocycles. The summed E-state index contributed by atoms with van der Waals surface area (Å²) < 4.78 is 27.2. The van der Waals surface area contributed by atoms with Gasteiger partial charge in [0.25, 0.3) is 0 Å². The van der Waals surface area contributed by atoms with Crippen LogP contribution in [0.15, 0.2) is 42.5 Å². The van der Waals surface area contributed by atoms with E-state index >= 15 is 0 Å². The molecule has 7 nitrogen and oxygen atoms in total. The number of carbonyl (C=O) groups is 2. The first kappa shape index (κ1) is 30.2. The Kier molecular flexibility index (Phi) is 8.66. The maximum Gasteiger partial charge on any atom is 0.244 e. The molecule has 10 heteroatoms. The van der Waals surface area contributed by atoms with Gasteiger partial charge < -0.3 is 10.2 Å². The number of sulfonamides is 1. The van der Waals surface area contributed by atoms with E-state index < -0.39 is 28.5 Å². The zero-order valence-electron chi connectivity index (χ0n) is 23.9. The third-order valence-corrected chi connectivity index (χ3v) is 11.2. The van der Waals surface area contributed by atoms with Crippen molar-refractivity contribution in [3.63, 3.8) is 0 Å². The molecule has 2 aromatic rings. The average molecular weight is 621 g/mol. The van der Waals surface area contributed by atoms with Gasteiger partial charge in [0.05, 0.1) is 11.9 Å². The molecule has 0 radical (unpaired) electrons. The second kappa shape index (κ2) is 11.8. The van der Waals surface area contributed by atoms with E-state index in [0.29, 0.717) is 27.7 Å². The maximum absolute atomic E-state index is 13.8. The van der Waals surface area contributed by atoms with Gasteiger partial charge >= 0.3 is 0 Å². The van der Waals surface area contributed by atoms with Crippen LogP contribution in [0.5, 0.6) is 0 Å². The van der Waals surface area contributed by atoms with Crippen LogP contribution in [0.2, 0.25) is 10.0 Å². The Hall–Kier alpha value is -2.29. The van der Waals surface area contributed by atoms with Gasteiger partial charge in [-0.3, -0.25) is 13.9 Å². The molecule has 4 aliphatic carbocycles. The molecule has 0 aromatic heterocycles. The molecule has 1 N–H and O–H groups in total. The van der Waals surface area contributed by atoms with Gasteiger partial charge in [-0.1, -0.05) is 48.3 Å². The molecular formula is C31H39Cl2N3O4S. The van der Waals surface area contributed by atoms with Gasteiger partial charge in [0.2, 0.25) is 21.8 Å². The summed E-state index contributed by atoms with van der Waals surface area (Å²) in [4.78, 5) is 28.0. The summed E-state index contributed by atoms with van der Waals surface area (Å²) >= 11 is 12.5. The van der Waals surface area contributed by atoms with E-state index in [1.807, 2.05) is 12.1 Å². The monoisotopic (exact) mass is 619 g/mol. The van der Waals surface area contributed by atoms with Crippen molar-refractivity contribution in [2.45, 2.75) is 69.9 Å². The standard InChI is InChI=1S/C31H39Cl2N3O4S/c1-4-28(30(38)34-2)35(18-23-5-8-25(32)14-27(23)33)29(37)19-36(41(3,39)40)26-9-6-24(7-10-26)31-15-20-11-21(16-31)13-22(12-20)17-31/h5-10,14,20-22,28H,4,11-13,15-19H2,1-3H3,(H,34,38). The first-order valence-corrected chi connectivity index (χ1v) is 17.1. The number of amides is 2. The van der Waals surface area contributed by atoms with Crippen molar-refractivity contribution >= 4 is 50.7 Å². The van der Waals surface area contributed by atoms with Crippen LogP contribution in [0, 0.1) is 17.8 Å². The van der Waals surface area contributed by atoms with Crippen LogP contribution in [-0.2, 0) is 31.6 Å². The molecule has 0 aliphatic heterocycles. The van der Waals surface area contributed by atoms with Crippen LogP contribution in [-0.4, -0.2) is 51.0 Å². The topological polar surface area (TPSA) is 86.8 Å². The fourth-order valence-corrected chi connectivity index (χ4v) is 9.30. The van der Waals surface area contributed by atoms with Crippen molar-refractivity contribution in [2.24, 2.45) is 17.8 Å². The van der Waals surface area contributed by atoms with Crippen LogP contribution < -0.4 is 9.62 Å². The van der Waals surface area contributed by atoms with Crippen LogP contribution in [0.4, 0.5) is 5.69 Å². The molecule has 222 valence electrons. The normalized spacial score (nSPS) is 25.5. The molecule has 1 atom stereocenters. The first-order chi connectivity index (χ1) is 19.4. The van der Waals surface area contributed by atoms with Gasteiger partial charge in [-0.15, -0.1) is 0 Å². The van der Waals surface area contributed by atoms with Gasteiger partial charge in [0, 0.05) is 23.6 Å². The molecule has 1 unspecified atom stereocenters. The Balaban J connectivity index is 1.41. The molecule has 4 bridgehead atoms. The molecule has 4 aliphatic rings. The summed E-state index contributed by atoms with van der Waals surface area (Å²) in [5.74, 6) is 1.58. The minimum Gasteiger partial charge on any atom is -0.357 e. The van der Waals surface area contributed by atoms with Crippen LogP contribution in [0.3, 0.4) is 0 Å². The number of hydrogen-bond acceptors (Lipinski definition) is 4. The summed E-state index contributed by atoms with van der Waals surface area (Å²) in [5, 5.41) is 3.43. The van der Waals surface area contributed by atoms with Gasteiger partial charge in [0.1, 0.15) is 12.6 Å². The van der Waals surface area contributed by atoms with Crippen molar-refractivity contribution in [2.75, 3.05) is 24.2 Å². The molecule has 0 saturated heterocycles. The van der Waals surface area contributed by atoms with E-state index in [4.69, 9.17) is 23.2 Å². The summed E-state index contributed by atoms with van der Waals surface area (Å²) in [6.45, 7) is 1.40. The first-order valence-electron chi connectivity index (χ1n) is 14.5. The van der Waals surface area contributed by atoms with E-state index in [1.54, 1.807) is 25.1 Å². The predicted octanol–water partition coefficient (Wildman–Crippen LogP) is 5.78. The molecule has 2 aromatic carbocycles. The van der Waals surface area contributed by atoms with Crippen LogP contribution in [0.25, 0.3) is 0 Å². The van der Waals surface area contributed by atoms with Crippen molar-refractivity contribution < 1.29 is 18.0 Å². The van der Waals surface area contributed by atoms with E-state index in [1.165, 1.54) is 56.0 Å². The van der Waals surface area contributed by atoms with E-state index in [9.17, 15) is 18.0 Å². The molecule has 4 fully saturated rings. The fraction of sp³-hybridized carbons (Fsp3) is 0.548. The van der Waals surface area contributed by atoms with Gasteiger partial charge in [-0.05, 0) is 104 Å². The Morgan fingerprint density at radius 1 is 1.00 bits per heavy atom. The summed E-state index contributed by atoms with van der Waals surface area (Å²) in [7, 11) is -2.30. The molecule has 41 heavy (non-hydrogen) atoms. The highest BCUT2D eigenvalue weighted by atomic mass is 35.5. The highest BCUT2D eigenvalue weighted by Gasteiger charge is 2.51. The number of nitrogens with zero attached hydrogens (tertiary/aromatic N) is 2. The summed E-state index contributed by atoms with van der Waals surface area (Å²) in [6.07, 6.45) is 9.15. The summed E-state index contributed by atoms with van der Waals surface area (Å²) in [5.41, 5.74) is 2.52. The zero-order valence-corrected chi connectivity index (χ0v) is 26.2. The van der Waals surface area contributed by atoms with Gasteiger partial charge in [0.15, 0.2) is 0 Å². The highest BCUT2D eigenvalue weighted by Crippen LogP contribution is 2.60. The Morgan fingerprint density at radius 2 is 1.59 bits per heavy atom. The number of likely N-dealkylation sites (N-methyl/N-ethyl adjacent to an activating group) is 1. The second-order valence-electron chi connectivity index (χ2n) is 12.3. The largest absolute Gasteiger partial charge is 0.357 e. The predicted molar refractivity (Wildman–Crippen MR) is 164 cm³/mol. The molecule has 0 spiro atoms. The quantitative estimate of drug-likeness (QED) is 0.365. The van der Waals surface area contributed by atoms with Crippen LogP contribution >= 0.6 is 23.2 Å². The molecule has 6 rings (SSSR count). The molecule has 4 saturated carbocycles. The third kappa shape index (κ3) is 6.25. The third-order valence-electron chi connectivity index (χ3n) is 9.47. The number of anilines is 1. The number of hydrogen-bond donors (Lipinski definition) is 1. The lowest BCUT2D eigenvalue weighted by Gasteiger charge is -2.57. The van der Waals surface area contributed by atoms with E-state index in [2.05, 4.69) is 17.4 Å². The number of benzene rings is 2. The maximum atomic E-state index is 13.8. The lowest BCUT2D eigenvalue weighted by molar-refractivity contribution is -0.140. The van der Waals surface area contributed by atoms with Crippen molar-refractivity contribution in [1.29, 1.82) is 0 Å². The zero-order chi connectivity index (χ0) is 29.5. The van der Waals surface area contributed by atoms with Crippen molar-refractivity contribution in [1.82, 2.24) is 10.2 Å². The SMILES string of the molecule is CCC(C(=O)NC)N(Cc1ccc(Cl)cc1Cl)C(=O)CN(c1ccc(C23CC4CC(CC(C4)C2)C3)cc1)S(C)(=O)=O. The minimum absolute atomic E-state index is 0.0311. The summed E-state index contributed by atoms with van der Waals surface area (Å²) in [6, 6.07) is 11.9. The van der Waals surface area contributed by atoms with Crippen LogP contribution in [0.1, 0.15) is 63.0 Å². The average Bonchev–Trinajstić information content (AvgIpc) is 2.91. The molecular weight excluding hydrogens is 581 g/mol. The number of halogens is 2. The minimum atomic E-state index is -3.81. The lowest BCUT2D eigenvalue weighted by atomic mass is 9.48.